The molecule has 2 atom stereocenters. The summed E-state index contributed by atoms with van der Waals surface area (Å²) in [5.41, 5.74) is -0.986. The smallest absolute Gasteiger partial charge is 0.311 e. The quantitative estimate of drug-likeness (QED) is 0.842. The summed E-state index contributed by atoms with van der Waals surface area (Å²) >= 11 is 0. The Morgan fingerprint density at radius 1 is 1.17 bits per heavy atom. The minimum atomic E-state index is -3.84. The number of carboxylic acids is 1. The first-order valence-corrected chi connectivity index (χ1v) is 10.9. The van der Waals surface area contributed by atoms with Crippen molar-refractivity contribution in [3.8, 4) is 0 Å². The first-order chi connectivity index (χ1) is 11.1. The molecule has 7 nitrogen and oxygen atoms in total. The summed E-state index contributed by atoms with van der Waals surface area (Å²) in [5.74, 6) is -1.10. The van der Waals surface area contributed by atoms with E-state index in [4.69, 9.17) is 0 Å². The first-order valence-electron chi connectivity index (χ1n) is 7.61. The van der Waals surface area contributed by atoms with Gasteiger partial charge in [0.25, 0.3) is 0 Å². The molecule has 1 heterocycles. The molecular formula is C15H19NO6S2. The molecule has 0 radical (unpaired) electrons. The molecule has 2 aliphatic rings. The maximum absolute atomic E-state index is 12.8. The van der Waals surface area contributed by atoms with Gasteiger partial charge < -0.3 is 5.11 Å². The van der Waals surface area contributed by atoms with Crippen molar-refractivity contribution in [1.29, 1.82) is 0 Å². The Morgan fingerprint density at radius 2 is 1.75 bits per heavy atom. The molecule has 1 aliphatic carbocycles. The van der Waals surface area contributed by atoms with Crippen LogP contribution in [0.4, 0.5) is 0 Å². The second-order valence-electron chi connectivity index (χ2n) is 6.59. The number of hydrogen-bond donors (Lipinski definition) is 1. The Kier molecular flexibility index (Phi) is 4.01. The van der Waals surface area contributed by atoms with Crippen LogP contribution in [0.3, 0.4) is 0 Å². The van der Waals surface area contributed by atoms with Gasteiger partial charge in [-0.15, -0.1) is 0 Å². The lowest BCUT2D eigenvalue weighted by atomic mass is 9.81. The van der Waals surface area contributed by atoms with Gasteiger partial charge in [-0.05, 0) is 43.0 Å². The highest BCUT2D eigenvalue weighted by Crippen LogP contribution is 2.50. The molecule has 1 aromatic rings. The van der Waals surface area contributed by atoms with E-state index in [1.54, 1.807) is 0 Å². The maximum atomic E-state index is 12.8. The molecule has 0 bridgehead atoms. The van der Waals surface area contributed by atoms with E-state index in [0.29, 0.717) is 12.8 Å². The second-order valence-corrected chi connectivity index (χ2v) is 10.5. The van der Waals surface area contributed by atoms with Crippen LogP contribution in [-0.4, -0.2) is 51.6 Å². The van der Waals surface area contributed by atoms with Gasteiger partial charge in [-0.25, -0.2) is 16.8 Å². The van der Waals surface area contributed by atoms with Crippen LogP contribution in [0.15, 0.2) is 34.1 Å². The molecule has 9 heteroatoms. The zero-order valence-corrected chi connectivity index (χ0v) is 14.8. The molecular weight excluding hydrogens is 354 g/mol. The minimum absolute atomic E-state index is 0.0181. The van der Waals surface area contributed by atoms with E-state index in [0.717, 1.165) is 12.7 Å². The van der Waals surface area contributed by atoms with E-state index >= 15 is 0 Å². The fourth-order valence-corrected chi connectivity index (χ4v) is 5.97. The van der Waals surface area contributed by atoms with Crippen molar-refractivity contribution in [3.05, 3.63) is 24.3 Å². The van der Waals surface area contributed by atoms with Gasteiger partial charge in [0.15, 0.2) is 9.84 Å². The van der Waals surface area contributed by atoms with Crippen molar-refractivity contribution in [2.45, 2.75) is 29.1 Å². The van der Waals surface area contributed by atoms with Gasteiger partial charge in [0.2, 0.25) is 10.0 Å². The van der Waals surface area contributed by atoms with Crippen LogP contribution in [0.25, 0.3) is 0 Å². The zero-order valence-electron chi connectivity index (χ0n) is 13.2. The van der Waals surface area contributed by atoms with Crippen molar-refractivity contribution >= 4 is 25.8 Å². The molecule has 0 aromatic heterocycles. The molecule has 1 saturated carbocycles. The van der Waals surface area contributed by atoms with E-state index in [1.807, 2.05) is 0 Å². The van der Waals surface area contributed by atoms with Gasteiger partial charge in [-0.1, -0.05) is 6.42 Å². The number of aliphatic carboxylic acids is 1. The zero-order chi connectivity index (χ0) is 17.8. The van der Waals surface area contributed by atoms with Crippen molar-refractivity contribution in [1.82, 2.24) is 4.31 Å². The lowest BCUT2D eigenvalue weighted by molar-refractivity contribution is -0.149. The first kappa shape index (κ1) is 17.4. The maximum Gasteiger partial charge on any atom is 0.311 e. The third-order valence-electron chi connectivity index (χ3n) is 5.16. The summed E-state index contributed by atoms with van der Waals surface area (Å²) in [5, 5.41) is 9.57. The van der Waals surface area contributed by atoms with E-state index in [1.165, 1.54) is 28.6 Å². The van der Waals surface area contributed by atoms with Crippen molar-refractivity contribution in [2.75, 3.05) is 19.3 Å². The average Bonchev–Trinajstić information content (AvgIpc) is 3.04. The summed E-state index contributed by atoms with van der Waals surface area (Å²) in [6, 6.07) is 5.03. The number of hydrogen-bond acceptors (Lipinski definition) is 5. The van der Waals surface area contributed by atoms with Gasteiger partial charge in [-0.3, -0.25) is 4.79 Å². The monoisotopic (exact) mass is 373 g/mol. The van der Waals surface area contributed by atoms with Crippen molar-refractivity contribution < 1.29 is 26.7 Å². The fourth-order valence-electron chi connectivity index (χ4n) is 3.78. The number of carboxylic acid groups (broad SMARTS) is 1. The highest BCUT2D eigenvalue weighted by atomic mass is 32.2. The number of sulfone groups is 1. The number of carbonyl (C=O) groups is 1. The number of sulfonamides is 1. The fraction of sp³-hybridized carbons (Fsp3) is 0.533. The van der Waals surface area contributed by atoms with E-state index in [-0.39, 0.29) is 28.8 Å². The predicted molar refractivity (Wildman–Crippen MR) is 85.7 cm³/mol. The van der Waals surface area contributed by atoms with E-state index in [2.05, 4.69) is 0 Å². The SMILES string of the molecule is CS(=O)(=O)c1ccc(S(=O)(=O)N2C[C@@H]3CCC[C@@]3(C(=O)O)C2)cc1. The predicted octanol–water partition coefficient (Wildman–Crippen LogP) is 0.966. The summed E-state index contributed by atoms with van der Waals surface area (Å²) in [6.07, 6.45) is 3.06. The summed E-state index contributed by atoms with van der Waals surface area (Å²) in [6.45, 7) is 0.172. The van der Waals surface area contributed by atoms with Gasteiger partial charge in [-0.2, -0.15) is 4.31 Å². The van der Waals surface area contributed by atoms with Gasteiger partial charge in [0.1, 0.15) is 0 Å². The number of rotatable bonds is 4. The lowest BCUT2D eigenvalue weighted by Crippen LogP contribution is -2.37. The molecule has 24 heavy (non-hydrogen) atoms. The highest BCUT2D eigenvalue weighted by Gasteiger charge is 2.57. The molecule has 0 spiro atoms. The van der Waals surface area contributed by atoms with Gasteiger partial charge in [0, 0.05) is 19.3 Å². The van der Waals surface area contributed by atoms with Crippen molar-refractivity contribution in [2.24, 2.45) is 11.3 Å². The van der Waals surface area contributed by atoms with Crippen LogP contribution in [-0.2, 0) is 24.7 Å². The molecule has 3 rings (SSSR count). The molecule has 2 fully saturated rings. The molecule has 0 unspecified atom stereocenters. The van der Waals surface area contributed by atoms with Crippen molar-refractivity contribution in [3.63, 3.8) is 0 Å². The largest absolute Gasteiger partial charge is 0.481 e. The van der Waals surface area contributed by atoms with E-state index in [9.17, 15) is 26.7 Å². The Morgan fingerprint density at radius 3 is 2.25 bits per heavy atom. The molecule has 1 N–H and O–H groups in total. The van der Waals surface area contributed by atoms with Crippen LogP contribution >= 0.6 is 0 Å². The second kappa shape index (κ2) is 5.53. The number of fused-ring (bicyclic) bond motifs is 1. The molecule has 1 aliphatic heterocycles. The Hall–Kier alpha value is -1.45. The Labute approximate surface area is 141 Å². The van der Waals surface area contributed by atoms with Crippen LogP contribution < -0.4 is 0 Å². The van der Waals surface area contributed by atoms with Gasteiger partial charge >= 0.3 is 5.97 Å². The summed E-state index contributed by atoms with van der Waals surface area (Å²) in [4.78, 5) is 11.7. The number of nitrogens with zero attached hydrogens (tertiary/aromatic N) is 1. The third-order valence-corrected chi connectivity index (χ3v) is 8.11. The van der Waals surface area contributed by atoms with Crippen LogP contribution in [0, 0.1) is 11.3 Å². The average molecular weight is 373 g/mol. The Bertz CT molecular complexity index is 875. The number of benzene rings is 1. The van der Waals surface area contributed by atoms with Crippen LogP contribution in [0.1, 0.15) is 19.3 Å². The lowest BCUT2D eigenvalue weighted by Gasteiger charge is -2.23. The summed E-state index contributed by atoms with van der Waals surface area (Å²) < 4.78 is 49.7. The molecule has 132 valence electrons. The topological polar surface area (TPSA) is 109 Å². The minimum Gasteiger partial charge on any atom is -0.481 e. The summed E-state index contributed by atoms with van der Waals surface area (Å²) in [7, 11) is -7.24. The van der Waals surface area contributed by atoms with Gasteiger partial charge in [0.05, 0.1) is 15.2 Å². The normalized spacial score (nSPS) is 28.0. The highest BCUT2D eigenvalue weighted by molar-refractivity contribution is 7.90. The molecule has 0 amide bonds. The van der Waals surface area contributed by atoms with Crippen LogP contribution in [0.5, 0.6) is 0 Å². The van der Waals surface area contributed by atoms with Crippen LogP contribution in [0.2, 0.25) is 0 Å². The molecule has 1 aromatic carbocycles. The molecule has 1 saturated heterocycles. The third kappa shape index (κ3) is 2.64. The van der Waals surface area contributed by atoms with E-state index < -0.39 is 31.2 Å². The standard InChI is InChI=1S/C15H19NO6S2/c1-23(19,20)12-4-6-13(7-5-12)24(21,22)16-9-11-3-2-8-15(11,10-16)14(17)18/h4-7,11H,2-3,8-10H2,1H3,(H,17,18)/t11-,15+/m0/s1. The Balaban J connectivity index is 1.91.